The van der Waals surface area contributed by atoms with Gasteiger partial charge < -0.3 is 20.3 Å². The molecule has 94 valence electrons. The summed E-state index contributed by atoms with van der Waals surface area (Å²) < 4.78 is 6.59. The van der Waals surface area contributed by atoms with Crippen molar-refractivity contribution in [2.75, 3.05) is 19.0 Å². The van der Waals surface area contributed by atoms with Gasteiger partial charge in [0, 0.05) is 19.7 Å². The summed E-state index contributed by atoms with van der Waals surface area (Å²) in [5.41, 5.74) is -0.500. The molecule has 1 aromatic heterocycles. The average molecular weight is 241 g/mol. The molecule has 7 heteroatoms. The Morgan fingerprint density at radius 1 is 1.71 bits per heavy atom. The van der Waals surface area contributed by atoms with E-state index in [0.717, 1.165) is 0 Å². The standard InChI is InChI=1S/C10H15N3O4/c1-11-8-2-3-13(10(16)12-8)9-7(15)4-6(5-14)17-9/h2-3,6-7,9,14-15H,4-5H2,1H3,(H,11,12,16). The van der Waals surface area contributed by atoms with Crippen LogP contribution in [0, 0.1) is 0 Å². The Bertz CT molecular complexity index is 447. The lowest BCUT2D eigenvalue weighted by Gasteiger charge is -2.17. The molecule has 2 heterocycles. The molecule has 0 bridgehead atoms. The molecule has 0 spiro atoms. The van der Waals surface area contributed by atoms with Gasteiger partial charge in [-0.15, -0.1) is 0 Å². The second-order valence-corrected chi connectivity index (χ2v) is 3.89. The lowest BCUT2D eigenvalue weighted by molar-refractivity contribution is -0.0529. The van der Waals surface area contributed by atoms with E-state index in [1.54, 1.807) is 13.1 Å². The molecule has 1 saturated heterocycles. The van der Waals surface area contributed by atoms with E-state index in [4.69, 9.17) is 9.84 Å². The van der Waals surface area contributed by atoms with Crippen molar-refractivity contribution in [3.05, 3.63) is 22.7 Å². The monoisotopic (exact) mass is 241 g/mol. The molecule has 0 aliphatic carbocycles. The van der Waals surface area contributed by atoms with Crippen LogP contribution in [0.15, 0.2) is 17.1 Å². The molecule has 17 heavy (non-hydrogen) atoms. The molecule has 1 aromatic rings. The maximum absolute atomic E-state index is 11.7. The summed E-state index contributed by atoms with van der Waals surface area (Å²) in [4.78, 5) is 15.4. The largest absolute Gasteiger partial charge is 0.394 e. The highest BCUT2D eigenvalue weighted by Crippen LogP contribution is 2.27. The molecule has 0 amide bonds. The highest BCUT2D eigenvalue weighted by molar-refractivity contribution is 5.30. The molecule has 0 aromatic carbocycles. The highest BCUT2D eigenvalue weighted by atomic mass is 16.5. The lowest BCUT2D eigenvalue weighted by Crippen LogP contribution is -2.31. The van der Waals surface area contributed by atoms with Crippen LogP contribution in [-0.4, -0.2) is 45.6 Å². The first kappa shape index (κ1) is 12.0. The smallest absolute Gasteiger partial charge is 0.351 e. The molecular weight excluding hydrogens is 226 g/mol. The third-order valence-electron chi connectivity index (χ3n) is 2.73. The Labute approximate surface area is 97.7 Å². The van der Waals surface area contributed by atoms with Crippen LogP contribution < -0.4 is 11.0 Å². The molecule has 0 saturated carbocycles. The summed E-state index contributed by atoms with van der Waals surface area (Å²) in [6.45, 7) is -0.176. The van der Waals surface area contributed by atoms with Crippen molar-refractivity contribution in [3.63, 3.8) is 0 Å². The Hall–Kier alpha value is -1.44. The number of aliphatic hydroxyl groups excluding tert-OH is 2. The van der Waals surface area contributed by atoms with Crippen LogP contribution in [0.2, 0.25) is 0 Å². The van der Waals surface area contributed by atoms with Crippen LogP contribution in [0.25, 0.3) is 0 Å². The van der Waals surface area contributed by atoms with Gasteiger partial charge >= 0.3 is 5.69 Å². The van der Waals surface area contributed by atoms with Crippen LogP contribution in [0.5, 0.6) is 0 Å². The Morgan fingerprint density at radius 3 is 3.00 bits per heavy atom. The van der Waals surface area contributed by atoms with E-state index in [1.165, 1.54) is 10.8 Å². The first-order valence-electron chi connectivity index (χ1n) is 5.37. The molecule has 3 atom stereocenters. The molecule has 1 aliphatic heterocycles. The highest BCUT2D eigenvalue weighted by Gasteiger charge is 2.35. The predicted octanol–water partition coefficient (Wildman–Crippen LogP) is -1.07. The van der Waals surface area contributed by atoms with Crippen LogP contribution >= 0.6 is 0 Å². The van der Waals surface area contributed by atoms with Gasteiger partial charge in [-0.1, -0.05) is 0 Å². The van der Waals surface area contributed by atoms with Gasteiger partial charge in [0.1, 0.15) is 11.9 Å². The number of rotatable bonds is 3. The molecule has 0 radical (unpaired) electrons. The lowest BCUT2D eigenvalue weighted by atomic mass is 10.2. The number of aliphatic hydroxyl groups is 2. The van der Waals surface area contributed by atoms with Crippen LogP contribution in [-0.2, 0) is 4.74 Å². The van der Waals surface area contributed by atoms with Gasteiger partial charge in [-0.25, -0.2) is 4.79 Å². The Balaban J connectivity index is 2.26. The fourth-order valence-corrected chi connectivity index (χ4v) is 1.84. The van der Waals surface area contributed by atoms with Gasteiger partial charge in [0.2, 0.25) is 0 Å². The molecule has 3 N–H and O–H groups in total. The van der Waals surface area contributed by atoms with E-state index in [-0.39, 0.29) is 6.61 Å². The zero-order valence-corrected chi connectivity index (χ0v) is 9.41. The van der Waals surface area contributed by atoms with Crippen molar-refractivity contribution >= 4 is 5.82 Å². The predicted molar refractivity (Wildman–Crippen MR) is 59.7 cm³/mol. The summed E-state index contributed by atoms with van der Waals surface area (Å²) in [5.74, 6) is 0.456. The summed E-state index contributed by atoms with van der Waals surface area (Å²) in [5, 5.41) is 21.5. The zero-order chi connectivity index (χ0) is 12.4. The topological polar surface area (TPSA) is 96.6 Å². The number of nitrogens with one attached hydrogen (secondary N) is 1. The van der Waals surface area contributed by atoms with E-state index < -0.39 is 24.1 Å². The van der Waals surface area contributed by atoms with E-state index in [2.05, 4.69) is 10.3 Å². The fourth-order valence-electron chi connectivity index (χ4n) is 1.84. The van der Waals surface area contributed by atoms with Gasteiger partial charge in [0.25, 0.3) is 0 Å². The first-order chi connectivity index (χ1) is 8.15. The molecular formula is C10H15N3O4. The molecule has 1 aliphatic rings. The molecule has 3 unspecified atom stereocenters. The van der Waals surface area contributed by atoms with Crippen molar-refractivity contribution in [1.82, 2.24) is 9.55 Å². The minimum Gasteiger partial charge on any atom is -0.394 e. The van der Waals surface area contributed by atoms with Gasteiger partial charge in [0.05, 0.1) is 12.7 Å². The average Bonchev–Trinajstić information content (AvgIpc) is 2.70. The van der Waals surface area contributed by atoms with Crippen molar-refractivity contribution in [2.45, 2.75) is 24.9 Å². The summed E-state index contributed by atoms with van der Waals surface area (Å²) in [7, 11) is 1.66. The van der Waals surface area contributed by atoms with Gasteiger partial charge in [0.15, 0.2) is 6.23 Å². The third-order valence-corrected chi connectivity index (χ3v) is 2.73. The zero-order valence-electron chi connectivity index (χ0n) is 9.41. The number of anilines is 1. The molecule has 1 fully saturated rings. The van der Waals surface area contributed by atoms with Crippen LogP contribution in [0.4, 0.5) is 5.82 Å². The number of aromatic nitrogens is 2. The van der Waals surface area contributed by atoms with Crippen molar-refractivity contribution < 1.29 is 14.9 Å². The first-order valence-corrected chi connectivity index (χ1v) is 5.37. The number of nitrogens with zero attached hydrogens (tertiary/aromatic N) is 2. The minimum absolute atomic E-state index is 0.176. The van der Waals surface area contributed by atoms with E-state index in [1.807, 2.05) is 0 Å². The van der Waals surface area contributed by atoms with Crippen molar-refractivity contribution in [2.24, 2.45) is 0 Å². The Kier molecular flexibility index (Phi) is 3.41. The van der Waals surface area contributed by atoms with Crippen molar-refractivity contribution in [3.8, 4) is 0 Å². The van der Waals surface area contributed by atoms with E-state index >= 15 is 0 Å². The van der Waals surface area contributed by atoms with Crippen LogP contribution in [0.3, 0.4) is 0 Å². The third kappa shape index (κ3) is 2.31. The maximum atomic E-state index is 11.7. The number of hydrogen-bond donors (Lipinski definition) is 3. The fraction of sp³-hybridized carbons (Fsp3) is 0.600. The maximum Gasteiger partial charge on any atom is 0.351 e. The summed E-state index contributed by atoms with van der Waals surface area (Å²) in [6.07, 6.45) is -0.216. The van der Waals surface area contributed by atoms with Gasteiger partial charge in [-0.3, -0.25) is 4.57 Å². The quantitative estimate of drug-likeness (QED) is 0.623. The summed E-state index contributed by atoms with van der Waals surface area (Å²) in [6, 6.07) is 1.61. The normalized spacial score (nSPS) is 28.3. The van der Waals surface area contributed by atoms with Gasteiger partial charge in [-0.05, 0) is 6.07 Å². The molecule has 7 nitrogen and oxygen atoms in total. The van der Waals surface area contributed by atoms with E-state index in [0.29, 0.717) is 12.2 Å². The van der Waals surface area contributed by atoms with Gasteiger partial charge in [-0.2, -0.15) is 4.98 Å². The van der Waals surface area contributed by atoms with Crippen LogP contribution in [0.1, 0.15) is 12.6 Å². The van der Waals surface area contributed by atoms with Crippen molar-refractivity contribution in [1.29, 1.82) is 0 Å². The SMILES string of the molecule is CNc1ccn(C2OC(CO)CC2O)c(=O)n1. The Morgan fingerprint density at radius 2 is 2.47 bits per heavy atom. The second kappa shape index (κ2) is 4.82. The number of ether oxygens (including phenoxy) is 1. The molecule has 2 rings (SSSR count). The van der Waals surface area contributed by atoms with E-state index in [9.17, 15) is 9.90 Å². The number of hydrogen-bond acceptors (Lipinski definition) is 6. The second-order valence-electron chi connectivity index (χ2n) is 3.89. The minimum atomic E-state index is -0.813. The summed E-state index contributed by atoms with van der Waals surface area (Å²) >= 11 is 0.